The predicted molar refractivity (Wildman–Crippen MR) is 133 cm³/mol. The van der Waals surface area contributed by atoms with Crippen molar-refractivity contribution in [2.75, 3.05) is 24.9 Å². The number of nitro benzene ring substituents is 1. The zero-order valence-corrected chi connectivity index (χ0v) is 19.4. The lowest BCUT2D eigenvalue weighted by Gasteiger charge is -2.30. The number of nitro groups is 1. The van der Waals surface area contributed by atoms with Crippen molar-refractivity contribution in [1.29, 1.82) is 0 Å². The third kappa shape index (κ3) is 4.19. The van der Waals surface area contributed by atoms with Crippen LogP contribution in [0.2, 0.25) is 0 Å². The van der Waals surface area contributed by atoms with Gasteiger partial charge in [-0.1, -0.05) is 24.3 Å². The number of methoxy groups -OCH3 is 2. The van der Waals surface area contributed by atoms with E-state index >= 15 is 0 Å². The van der Waals surface area contributed by atoms with Crippen molar-refractivity contribution in [1.82, 2.24) is 0 Å². The number of para-hydroxylation sites is 2. The Hall–Kier alpha value is -4.33. The Balaban J connectivity index is 1.62. The molecular weight excluding hydrogens is 446 g/mol. The fraction of sp³-hybridized carbons (Fsp3) is 0.222. The smallest absolute Gasteiger partial charge is 0.269 e. The number of non-ortho nitro benzene ring substituents is 1. The van der Waals surface area contributed by atoms with Crippen molar-refractivity contribution in [2.24, 2.45) is 0 Å². The van der Waals surface area contributed by atoms with Gasteiger partial charge in [-0.25, -0.2) is 0 Å². The summed E-state index contributed by atoms with van der Waals surface area (Å²) in [5, 5.41) is 18.4. The molecule has 35 heavy (non-hydrogen) atoms. The summed E-state index contributed by atoms with van der Waals surface area (Å²) in [5.41, 5.74) is 4.62. The van der Waals surface area contributed by atoms with Crippen LogP contribution in [0.3, 0.4) is 0 Å². The number of nitrogens with zero attached hydrogens (tertiary/aromatic N) is 1. The number of ether oxygens (including phenoxy) is 2. The molecule has 0 amide bonds. The van der Waals surface area contributed by atoms with Crippen LogP contribution < -0.4 is 20.1 Å². The lowest BCUT2D eigenvalue weighted by molar-refractivity contribution is -0.384. The summed E-state index contributed by atoms with van der Waals surface area (Å²) in [7, 11) is 3.22. The number of allylic oxidation sites excluding steroid dienone is 1. The Labute approximate surface area is 202 Å². The van der Waals surface area contributed by atoms with Gasteiger partial charge in [0.25, 0.3) is 5.69 Å². The SMILES string of the molecule is COc1ccc(OC)c(C2CC(=O)C3=C(C2)Nc2ccccc2NC3c2cccc([N+](=O)[O-])c2)c1. The van der Waals surface area contributed by atoms with Crippen LogP contribution in [0.4, 0.5) is 17.1 Å². The Morgan fingerprint density at radius 3 is 2.49 bits per heavy atom. The molecule has 0 saturated carbocycles. The highest BCUT2D eigenvalue weighted by Crippen LogP contribution is 2.46. The highest BCUT2D eigenvalue weighted by atomic mass is 16.6. The van der Waals surface area contributed by atoms with E-state index < -0.39 is 11.0 Å². The molecule has 2 N–H and O–H groups in total. The van der Waals surface area contributed by atoms with Crippen LogP contribution in [0.25, 0.3) is 0 Å². The minimum Gasteiger partial charge on any atom is -0.497 e. The number of fused-ring (bicyclic) bond motifs is 1. The van der Waals surface area contributed by atoms with Crippen LogP contribution in [0.5, 0.6) is 11.5 Å². The van der Waals surface area contributed by atoms with Gasteiger partial charge < -0.3 is 20.1 Å². The third-order valence-electron chi connectivity index (χ3n) is 6.60. The first-order valence-electron chi connectivity index (χ1n) is 11.3. The number of Topliss-reactive ketones (excluding diaryl/α,β-unsaturated/α-hetero) is 1. The quantitative estimate of drug-likeness (QED) is 0.369. The molecule has 0 radical (unpaired) electrons. The summed E-state index contributed by atoms with van der Waals surface area (Å²) >= 11 is 0. The molecule has 1 aliphatic carbocycles. The second-order valence-corrected chi connectivity index (χ2v) is 8.63. The lowest BCUT2D eigenvalue weighted by atomic mass is 9.78. The van der Waals surface area contributed by atoms with Gasteiger partial charge in [0.15, 0.2) is 5.78 Å². The summed E-state index contributed by atoms with van der Waals surface area (Å²) in [4.78, 5) is 24.7. The molecule has 5 rings (SSSR count). The predicted octanol–water partition coefficient (Wildman–Crippen LogP) is 5.59. The fourth-order valence-electron chi connectivity index (χ4n) is 4.94. The maximum atomic E-state index is 13.7. The third-order valence-corrected chi connectivity index (χ3v) is 6.60. The molecule has 178 valence electrons. The second kappa shape index (κ2) is 9.13. The fourth-order valence-corrected chi connectivity index (χ4v) is 4.94. The molecule has 1 aliphatic heterocycles. The van der Waals surface area contributed by atoms with Gasteiger partial charge in [0, 0.05) is 41.3 Å². The first-order valence-corrected chi connectivity index (χ1v) is 11.3. The van der Waals surface area contributed by atoms with Crippen molar-refractivity contribution in [2.45, 2.75) is 24.8 Å². The number of anilines is 2. The van der Waals surface area contributed by atoms with Crippen molar-refractivity contribution in [3.8, 4) is 11.5 Å². The maximum absolute atomic E-state index is 13.7. The normalized spacial score (nSPS) is 19.0. The average molecular weight is 472 g/mol. The summed E-state index contributed by atoms with van der Waals surface area (Å²) in [5.74, 6) is 1.26. The Morgan fingerprint density at radius 1 is 0.943 bits per heavy atom. The maximum Gasteiger partial charge on any atom is 0.269 e. The van der Waals surface area contributed by atoms with Gasteiger partial charge in [0.1, 0.15) is 11.5 Å². The van der Waals surface area contributed by atoms with E-state index in [-0.39, 0.29) is 23.8 Å². The molecule has 0 bridgehead atoms. The number of ketones is 1. The van der Waals surface area contributed by atoms with E-state index in [2.05, 4.69) is 10.6 Å². The Bertz CT molecular complexity index is 1350. The molecule has 3 aromatic rings. The zero-order valence-electron chi connectivity index (χ0n) is 19.4. The molecule has 0 saturated heterocycles. The standard InChI is InChI=1S/C27H25N3O5/c1-34-19-10-11-25(35-2)20(15-19)17-13-23-26(24(31)14-17)27(16-6-5-7-18(12-16)30(32)33)29-22-9-4-3-8-21(22)28-23/h3-12,15,17,27-29H,13-14H2,1-2H3. The van der Waals surface area contributed by atoms with E-state index in [9.17, 15) is 14.9 Å². The molecule has 0 aromatic heterocycles. The first-order chi connectivity index (χ1) is 17.0. The van der Waals surface area contributed by atoms with Gasteiger partial charge in [-0.15, -0.1) is 0 Å². The Morgan fingerprint density at radius 2 is 1.74 bits per heavy atom. The monoisotopic (exact) mass is 471 g/mol. The molecule has 8 heteroatoms. The number of hydrogen-bond acceptors (Lipinski definition) is 7. The van der Waals surface area contributed by atoms with E-state index in [0.717, 1.165) is 22.6 Å². The van der Waals surface area contributed by atoms with Crippen LogP contribution in [0.1, 0.15) is 35.9 Å². The summed E-state index contributed by atoms with van der Waals surface area (Å²) in [6.07, 6.45) is 0.861. The summed E-state index contributed by atoms with van der Waals surface area (Å²) < 4.78 is 11.0. The van der Waals surface area contributed by atoms with Crippen LogP contribution in [0, 0.1) is 10.1 Å². The molecule has 2 aliphatic rings. The lowest BCUT2D eigenvalue weighted by Crippen LogP contribution is -2.27. The summed E-state index contributed by atoms with van der Waals surface area (Å²) in [6, 6.07) is 19.2. The highest BCUT2D eigenvalue weighted by molar-refractivity contribution is 6.01. The van der Waals surface area contributed by atoms with Gasteiger partial charge in [-0.2, -0.15) is 0 Å². The van der Waals surface area contributed by atoms with E-state index in [1.54, 1.807) is 20.3 Å². The molecule has 2 atom stereocenters. The second-order valence-electron chi connectivity index (χ2n) is 8.63. The molecular formula is C27H25N3O5. The first kappa shape index (κ1) is 22.5. The average Bonchev–Trinajstić information content (AvgIpc) is 3.05. The minimum atomic E-state index is -0.526. The van der Waals surface area contributed by atoms with E-state index in [0.29, 0.717) is 29.1 Å². The van der Waals surface area contributed by atoms with E-state index in [1.807, 2.05) is 48.5 Å². The number of carbonyl (C=O) groups is 1. The number of rotatable bonds is 5. The number of carbonyl (C=O) groups excluding carboxylic acids is 1. The van der Waals surface area contributed by atoms with E-state index in [4.69, 9.17) is 9.47 Å². The molecule has 1 heterocycles. The minimum absolute atomic E-state index is 0.0146. The topological polar surface area (TPSA) is 103 Å². The molecule has 0 fully saturated rings. The van der Waals surface area contributed by atoms with Crippen LogP contribution in [0.15, 0.2) is 78.0 Å². The highest BCUT2D eigenvalue weighted by Gasteiger charge is 2.37. The van der Waals surface area contributed by atoms with Crippen LogP contribution >= 0.6 is 0 Å². The van der Waals surface area contributed by atoms with Gasteiger partial charge in [-0.3, -0.25) is 14.9 Å². The van der Waals surface area contributed by atoms with Gasteiger partial charge in [-0.05, 0) is 42.3 Å². The van der Waals surface area contributed by atoms with Crippen molar-refractivity contribution < 1.29 is 19.2 Å². The van der Waals surface area contributed by atoms with Crippen LogP contribution in [-0.2, 0) is 4.79 Å². The number of benzene rings is 3. The van der Waals surface area contributed by atoms with E-state index in [1.165, 1.54) is 12.1 Å². The summed E-state index contributed by atoms with van der Waals surface area (Å²) in [6.45, 7) is 0. The molecule has 3 aromatic carbocycles. The van der Waals surface area contributed by atoms with Gasteiger partial charge in [0.2, 0.25) is 0 Å². The number of nitrogens with one attached hydrogen (secondary N) is 2. The molecule has 0 spiro atoms. The van der Waals surface area contributed by atoms with Gasteiger partial charge in [0.05, 0.1) is 36.6 Å². The van der Waals surface area contributed by atoms with Crippen molar-refractivity contribution in [3.63, 3.8) is 0 Å². The Kier molecular flexibility index (Phi) is 5.86. The molecule has 8 nitrogen and oxygen atoms in total. The van der Waals surface area contributed by atoms with Crippen molar-refractivity contribution >= 4 is 22.8 Å². The largest absolute Gasteiger partial charge is 0.497 e. The zero-order chi connectivity index (χ0) is 24.5. The number of hydrogen-bond donors (Lipinski definition) is 2. The molecule has 2 unspecified atom stereocenters. The van der Waals surface area contributed by atoms with Crippen LogP contribution in [-0.4, -0.2) is 24.9 Å². The van der Waals surface area contributed by atoms with Crippen molar-refractivity contribution in [3.05, 3.63) is 99.2 Å². The van der Waals surface area contributed by atoms with Gasteiger partial charge >= 0.3 is 0 Å².